The van der Waals surface area contributed by atoms with Crippen LogP contribution in [-0.2, 0) is 7.05 Å². The number of aryl methyl sites for hydroxylation is 1. The molecule has 2 aliphatic heterocycles. The Morgan fingerprint density at radius 3 is 3.09 bits per heavy atom. The van der Waals surface area contributed by atoms with Crippen LogP contribution in [0.25, 0.3) is 0 Å². The lowest BCUT2D eigenvalue weighted by Gasteiger charge is -2.39. The molecule has 118 valence electrons. The fourth-order valence-electron chi connectivity index (χ4n) is 3.13. The van der Waals surface area contributed by atoms with E-state index in [0.717, 1.165) is 31.6 Å². The van der Waals surface area contributed by atoms with Gasteiger partial charge in [0.05, 0.1) is 18.4 Å². The summed E-state index contributed by atoms with van der Waals surface area (Å²) in [5, 5.41) is 7.50. The molecule has 0 radical (unpaired) electrons. The number of fused-ring (bicyclic) bond motifs is 1. The van der Waals surface area contributed by atoms with Gasteiger partial charge in [0.15, 0.2) is 6.29 Å². The van der Waals surface area contributed by atoms with E-state index in [2.05, 4.69) is 27.2 Å². The van der Waals surface area contributed by atoms with Crippen LogP contribution in [0.1, 0.15) is 19.8 Å². The molecule has 22 heavy (non-hydrogen) atoms. The van der Waals surface area contributed by atoms with Gasteiger partial charge in [-0.3, -0.25) is 9.69 Å². The summed E-state index contributed by atoms with van der Waals surface area (Å²) < 4.78 is 1.36. The second kappa shape index (κ2) is 5.99. The average molecular weight is 302 g/mol. The van der Waals surface area contributed by atoms with Crippen LogP contribution in [0.5, 0.6) is 0 Å². The Kier molecular flexibility index (Phi) is 4.05. The van der Waals surface area contributed by atoms with Gasteiger partial charge >= 0.3 is 0 Å². The summed E-state index contributed by atoms with van der Waals surface area (Å²) in [6, 6.07) is 0.180. The van der Waals surface area contributed by atoms with Crippen molar-refractivity contribution in [2.75, 3.05) is 29.9 Å². The minimum absolute atomic E-state index is 0.0842. The molecule has 2 unspecified atom stereocenters. The summed E-state index contributed by atoms with van der Waals surface area (Å²) >= 11 is 0. The van der Waals surface area contributed by atoms with Crippen molar-refractivity contribution in [1.82, 2.24) is 14.7 Å². The van der Waals surface area contributed by atoms with E-state index in [1.165, 1.54) is 4.68 Å². The molecule has 1 aromatic rings. The molecule has 2 atom stereocenters. The number of hydrogen-bond donors (Lipinski definition) is 2. The topological polar surface area (TPSA) is 79.4 Å². The van der Waals surface area contributed by atoms with E-state index < -0.39 is 0 Å². The predicted octanol–water partition coefficient (Wildman–Crippen LogP) is -0.258. The largest absolute Gasteiger partial charge is 0.350 e. The van der Waals surface area contributed by atoms with Crippen LogP contribution in [0.2, 0.25) is 0 Å². The maximum atomic E-state index is 12.5. The normalized spacial score (nSPS) is 24.4. The molecule has 3 rings (SSSR count). The Bertz CT molecular complexity index is 673. The summed E-state index contributed by atoms with van der Waals surface area (Å²) in [5.41, 5.74) is 7.41. The lowest BCUT2D eigenvalue weighted by atomic mass is 10.1. The third-order valence-corrected chi connectivity index (χ3v) is 4.24. The molecule has 0 aliphatic carbocycles. The van der Waals surface area contributed by atoms with Gasteiger partial charge in [0.1, 0.15) is 5.69 Å². The highest BCUT2D eigenvalue weighted by Crippen LogP contribution is 2.32. The Balaban J connectivity index is 1.95. The second-order valence-corrected chi connectivity index (χ2v) is 5.81. The maximum absolute atomic E-state index is 12.5. The van der Waals surface area contributed by atoms with Crippen LogP contribution in [0.4, 0.5) is 11.4 Å². The van der Waals surface area contributed by atoms with E-state index >= 15 is 0 Å². The Labute approximate surface area is 130 Å². The number of piperidine rings is 1. The first-order valence-corrected chi connectivity index (χ1v) is 7.60. The van der Waals surface area contributed by atoms with Gasteiger partial charge in [0, 0.05) is 26.2 Å². The zero-order valence-electron chi connectivity index (χ0n) is 13.0. The number of anilines is 2. The van der Waals surface area contributed by atoms with Crippen LogP contribution >= 0.6 is 0 Å². The van der Waals surface area contributed by atoms with Gasteiger partial charge in [0.25, 0.3) is 5.56 Å². The number of nitrogens with zero attached hydrogens (tertiary/aromatic N) is 4. The fourth-order valence-corrected chi connectivity index (χ4v) is 3.13. The Hall–Kier alpha value is -2.04. The molecule has 1 saturated heterocycles. The van der Waals surface area contributed by atoms with Crippen LogP contribution < -0.4 is 21.5 Å². The van der Waals surface area contributed by atoms with Crippen LogP contribution in [0, 0.1) is 11.8 Å². The van der Waals surface area contributed by atoms with E-state index in [-0.39, 0.29) is 17.9 Å². The van der Waals surface area contributed by atoms with Crippen molar-refractivity contribution in [2.45, 2.75) is 32.1 Å². The lowest BCUT2D eigenvalue weighted by Crippen LogP contribution is -2.56. The highest BCUT2D eigenvalue weighted by Gasteiger charge is 2.36. The standard InChI is InChI=1S/C15H22N6O/c1-3-4-8-21-13-12(9-17-19(2)14(13)22)18-15(21)20-7-5-6-11(16)10-20/h9,11,15,18H,5-8,10,16H2,1-2H3. The van der Waals surface area contributed by atoms with E-state index in [0.29, 0.717) is 12.2 Å². The first-order chi connectivity index (χ1) is 10.6. The van der Waals surface area contributed by atoms with E-state index in [9.17, 15) is 4.79 Å². The van der Waals surface area contributed by atoms with Gasteiger partial charge in [-0.05, 0) is 19.8 Å². The van der Waals surface area contributed by atoms with Crippen LogP contribution in [-0.4, -0.2) is 46.6 Å². The fraction of sp³-hybridized carbons (Fsp3) is 0.600. The molecule has 0 saturated carbocycles. The smallest absolute Gasteiger partial charge is 0.292 e. The Morgan fingerprint density at radius 1 is 1.55 bits per heavy atom. The molecule has 1 aromatic heterocycles. The Morgan fingerprint density at radius 2 is 2.36 bits per heavy atom. The van der Waals surface area contributed by atoms with Gasteiger partial charge in [-0.1, -0.05) is 5.92 Å². The number of aromatic nitrogens is 2. The maximum Gasteiger partial charge on any atom is 0.292 e. The monoisotopic (exact) mass is 302 g/mol. The summed E-state index contributed by atoms with van der Waals surface area (Å²) in [5.74, 6) is 5.97. The van der Waals surface area contributed by atoms with Crippen molar-refractivity contribution >= 4 is 11.4 Å². The summed E-state index contributed by atoms with van der Waals surface area (Å²) in [6.07, 6.45) is 3.74. The minimum atomic E-state index is -0.105. The van der Waals surface area contributed by atoms with Crippen molar-refractivity contribution in [1.29, 1.82) is 0 Å². The molecule has 1 fully saturated rings. The predicted molar refractivity (Wildman–Crippen MR) is 86.5 cm³/mol. The van der Waals surface area contributed by atoms with Crippen molar-refractivity contribution in [3.63, 3.8) is 0 Å². The van der Waals surface area contributed by atoms with Gasteiger partial charge in [-0.25, -0.2) is 4.68 Å². The molecule has 3 heterocycles. The number of nitrogens with one attached hydrogen (secondary N) is 1. The van der Waals surface area contributed by atoms with Crippen molar-refractivity contribution in [3.05, 3.63) is 16.6 Å². The van der Waals surface area contributed by atoms with E-state index in [1.807, 2.05) is 4.90 Å². The van der Waals surface area contributed by atoms with Crippen molar-refractivity contribution in [2.24, 2.45) is 12.8 Å². The number of nitrogens with two attached hydrogens (primary N) is 1. The lowest BCUT2D eigenvalue weighted by molar-refractivity contribution is 0.165. The molecule has 7 nitrogen and oxygen atoms in total. The number of hydrogen-bond acceptors (Lipinski definition) is 6. The van der Waals surface area contributed by atoms with Gasteiger partial charge in [-0.2, -0.15) is 5.10 Å². The highest BCUT2D eigenvalue weighted by molar-refractivity contribution is 5.74. The minimum Gasteiger partial charge on any atom is -0.350 e. The van der Waals surface area contributed by atoms with Crippen molar-refractivity contribution in [3.8, 4) is 11.8 Å². The molecule has 2 aliphatic rings. The third kappa shape index (κ3) is 2.56. The molecule has 0 spiro atoms. The summed E-state index contributed by atoms with van der Waals surface area (Å²) in [4.78, 5) is 16.8. The number of likely N-dealkylation sites (tertiary alicyclic amines) is 1. The zero-order valence-corrected chi connectivity index (χ0v) is 13.0. The second-order valence-electron chi connectivity index (χ2n) is 5.81. The van der Waals surface area contributed by atoms with Crippen LogP contribution in [0.3, 0.4) is 0 Å². The SMILES string of the molecule is CC#CCN1c2c(cnn(C)c2=O)NC1N1CCCC(N)C1. The molecular formula is C15H22N6O. The van der Waals surface area contributed by atoms with E-state index in [4.69, 9.17) is 5.73 Å². The molecule has 0 aromatic carbocycles. The molecule has 0 amide bonds. The van der Waals surface area contributed by atoms with Crippen LogP contribution in [0.15, 0.2) is 11.0 Å². The van der Waals surface area contributed by atoms with Gasteiger partial charge in [-0.15, -0.1) is 5.92 Å². The third-order valence-electron chi connectivity index (χ3n) is 4.24. The molecule has 0 bridgehead atoms. The first-order valence-electron chi connectivity index (χ1n) is 7.60. The molecular weight excluding hydrogens is 280 g/mol. The van der Waals surface area contributed by atoms with Crippen molar-refractivity contribution < 1.29 is 0 Å². The quantitative estimate of drug-likeness (QED) is 0.733. The number of rotatable bonds is 2. The first kappa shape index (κ1) is 14.9. The van der Waals surface area contributed by atoms with E-state index in [1.54, 1.807) is 20.2 Å². The summed E-state index contributed by atoms with van der Waals surface area (Å²) in [7, 11) is 1.66. The summed E-state index contributed by atoms with van der Waals surface area (Å²) in [6.45, 7) is 4.09. The molecule has 7 heteroatoms. The zero-order chi connectivity index (χ0) is 15.7. The average Bonchev–Trinajstić information content (AvgIpc) is 2.88. The van der Waals surface area contributed by atoms with Gasteiger partial charge < -0.3 is 16.0 Å². The highest BCUT2D eigenvalue weighted by atomic mass is 16.1. The molecule has 3 N–H and O–H groups in total. The van der Waals surface area contributed by atoms with Gasteiger partial charge in [0.2, 0.25) is 0 Å².